The van der Waals surface area contributed by atoms with Crippen LogP contribution < -0.4 is 10.6 Å². The lowest BCUT2D eigenvalue weighted by molar-refractivity contribution is 0.228. The van der Waals surface area contributed by atoms with Gasteiger partial charge in [0.05, 0.1) is 4.87 Å². The zero-order valence-corrected chi connectivity index (χ0v) is 10.5. The molecule has 0 rings (SSSR count). The number of carbonyl (C=O) groups excluding carboxylic acids is 1. The first-order chi connectivity index (χ1) is 5.66. The maximum atomic E-state index is 11.4. The Morgan fingerprint density at radius 3 is 1.92 bits per heavy atom. The molecule has 0 aliphatic heterocycles. The second-order valence-corrected chi connectivity index (χ2v) is 6.18. The third kappa shape index (κ3) is 7.07. The molecule has 0 aromatic carbocycles. The summed E-state index contributed by atoms with van der Waals surface area (Å²) in [5.41, 5.74) is -0.207. The van der Waals surface area contributed by atoms with E-state index in [1.165, 1.54) is 10.8 Å². The summed E-state index contributed by atoms with van der Waals surface area (Å²) in [6.45, 7) is 9.61. The molecular weight excluding hydrogens is 204 g/mol. The Labute approximate surface area is 89.2 Å². The van der Waals surface area contributed by atoms with Gasteiger partial charge in [-0.3, -0.25) is 0 Å². The van der Waals surface area contributed by atoms with Gasteiger partial charge in [0.2, 0.25) is 0 Å². The van der Waals surface area contributed by atoms with Crippen molar-refractivity contribution in [2.75, 3.05) is 0 Å². The lowest BCUT2D eigenvalue weighted by Crippen LogP contribution is -2.51. The van der Waals surface area contributed by atoms with E-state index in [1.807, 2.05) is 34.6 Å². The average molecular weight is 222 g/mol. The molecule has 0 bridgehead atoms. The normalized spacial score (nSPS) is 12.5. The van der Waals surface area contributed by atoms with Crippen LogP contribution in [0.5, 0.6) is 0 Å². The molecule has 0 aromatic heterocycles. The van der Waals surface area contributed by atoms with Crippen molar-refractivity contribution in [1.82, 2.24) is 10.6 Å². The van der Waals surface area contributed by atoms with Crippen molar-refractivity contribution in [2.24, 2.45) is 0 Å². The van der Waals surface area contributed by atoms with Crippen LogP contribution in [0.1, 0.15) is 34.6 Å². The van der Waals surface area contributed by atoms with Gasteiger partial charge in [0.1, 0.15) is 0 Å². The van der Waals surface area contributed by atoms with E-state index in [9.17, 15) is 4.79 Å². The van der Waals surface area contributed by atoms with Gasteiger partial charge in [-0.2, -0.15) is 0 Å². The summed E-state index contributed by atoms with van der Waals surface area (Å²) in [5.74, 6) is 0. The smallest absolute Gasteiger partial charge is 0.316 e. The number of hydrogen-bond acceptors (Lipinski definition) is 3. The van der Waals surface area contributed by atoms with Crippen molar-refractivity contribution in [3.8, 4) is 0 Å². The van der Waals surface area contributed by atoms with E-state index in [-0.39, 0.29) is 16.4 Å². The Morgan fingerprint density at radius 1 is 1.15 bits per heavy atom. The predicted octanol–water partition coefficient (Wildman–Crippen LogP) is 2.40. The second-order valence-electron chi connectivity index (χ2n) is 4.43. The third-order valence-electron chi connectivity index (χ3n) is 1.13. The van der Waals surface area contributed by atoms with Crippen LogP contribution in [-0.2, 0) is 0 Å². The first kappa shape index (κ1) is 13.0. The van der Waals surface area contributed by atoms with Crippen LogP contribution in [0.2, 0.25) is 0 Å². The zero-order valence-electron chi connectivity index (χ0n) is 8.76. The highest BCUT2D eigenvalue weighted by atomic mass is 33.1. The van der Waals surface area contributed by atoms with E-state index in [0.717, 1.165) is 0 Å². The molecule has 0 unspecified atom stereocenters. The van der Waals surface area contributed by atoms with Gasteiger partial charge in [-0.05, 0) is 34.6 Å². The number of thiol groups is 1. The van der Waals surface area contributed by atoms with E-state index in [0.29, 0.717) is 0 Å². The van der Waals surface area contributed by atoms with Crippen LogP contribution in [-0.4, -0.2) is 16.4 Å². The minimum absolute atomic E-state index is 0.168. The fraction of sp³-hybridized carbons (Fsp3) is 0.875. The summed E-state index contributed by atoms with van der Waals surface area (Å²) in [7, 11) is 1.30. The zero-order chi connectivity index (χ0) is 10.7. The van der Waals surface area contributed by atoms with Crippen LogP contribution in [0.15, 0.2) is 0 Å². The maximum Gasteiger partial charge on any atom is 0.316 e. The lowest BCUT2D eigenvalue weighted by atomic mass is 10.1. The van der Waals surface area contributed by atoms with Gasteiger partial charge in [-0.1, -0.05) is 10.8 Å². The standard InChI is InChI=1S/C8H18N2OS2/c1-7(2,3)9-6(11)10-8(4,5)13-12/h12H,1-5H3,(H2,9,10,11). The summed E-state index contributed by atoms with van der Waals surface area (Å²) in [5, 5.41) is 5.61. The van der Waals surface area contributed by atoms with Gasteiger partial charge in [0.25, 0.3) is 0 Å². The molecule has 0 saturated carbocycles. The van der Waals surface area contributed by atoms with E-state index in [2.05, 4.69) is 22.3 Å². The summed E-state index contributed by atoms with van der Waals surface area (Å²) < 4.78 is 0. The van der Waals surface area contributed by atoms with Gasteiger partial charge in [-0.25, -0.2) is 4.79 Å². The molecule has 2 amide bonds. The molecule has 2 N–H and O–H groups in total. The summed E-state index contributed by atoms with van der Waals surface area (Å²) in [6.07, 6.45) is 0. The quantitative estimate of drug-likeness (QED) is 0.381. The summed E-state index contributed by atoms with van der Waals surface area (Å²) in [6, 6.07) is -0.168. The molecule has 13 heavy (non-hydrogen) atoms. The average Bonchev–Trinajstić information content (AvgIpc) is 1.81. The van der Waals surface area contributed by atoms with Gasteiger partial charge < -0.3 is 10.6 Å². The lowest BCUT2D eigenvalue weighted by Gasteiger charge is -2.27. The number of hydrogen-bond donors (Lipinski definition) is 3. The first-order valence-corrected chi connectivity index (χ1v) is 5.96. The fourth-order valence-corrected chi connectivity index (χ4v) is 0.943. The summed E-state index contributed by atoms with van der Waals surface area (Å²) in [4.78, 5) is 11.0. The Balaban J connectivity index is 4.03. The van der Waals surface area contributed by atoms with E-state index >= 15 is 0 Å². The monoisotopic (exact) mass is 222 g/mol. The highest BCUT2D eigenvalue weighted by molar-refractivity contribution is 8.69. The highest BCUT2D eigenvalue weighted by Gasteiger charge is 2.21. The Bertz CT molecular complexity index is 187. The Kier molecular flexibility index (Phi) is 4.45. The SMILES string of the molecule is CC(C)(C)NC(=O)NC(C)(C)SS. The molecular formula is C8H18N2OS2. The maximum absolute atomic E-state index is 11.4. The molecule has 0 radical (unpaired) electrons. The van der Waals surface area contributed by atoms with Crippen molar-refractivity contribution in [3.05, 3.63) is 0 Å². The molecule has 0 heterocycles. The van der Waals surface area contributed by atoms with Gasteiger partial charge in [0.15, 0.2) is 0 Å². The number of urea groups is 1. The van der Waals surface area contributed by atoms with Crippen LogP contribution >= 0.6 is 22.5 Å². The number of rotatable bonds is 2. The molecule has 0 fully saturated rings. The molecule has 0 spiro atoms. The molecule has 5 heteroatoms. The molecule has 0 saturated heterocycles. The number of carbonyl (C=O) groups is 1. The second kappa shape index (κ2) is 4.46. The van der Waals surface area contributed by atoms with E-state index in [4.69, 9.17) is 0 Å². The van der Waals surface area contributed by atoms with Crippen molar-refractivity contribution >= 4 is 28.5 Å². The van der Waals surface area contributed by atoms with E-state index in [1.54, 1.807) is 0 Å². The Hall–Kier alpha value is -0.0300. The van der Waals surface area contributed by atoms with Crippen molar-refractivity contribution in [1.29, 1.82) is 0 Å². The molecule has 0 aliphatic carbocycles. The van der Waals surface area contributed by atoms with E-state index < -0.39 is 0 Å². The Morgan fingerprint density at radius 2 is 1.62 bits per heavy atom. The van der Waals surface area contributed by atoms with Crippen LogP contribution in [0, 0.1) is 0 Å². The minimum Gasteiger partial charge on any atom is -0.334 e. The minimum atomic E-state index is -0.349. The topological polar surface area (TPSA) is 41.1 Å². The summed E-state index contributed by atoms with van der Waals surface area (Å²) >= 11 is 4.06. The van der Waals surface area contributed by atoms with Crippen LogP contribution in [0.3, 0.4) is 0 Å². The van der Waals surface area contributed by atoms with Crippen molar-refractivity contribution < 1.29 is 4.79 Å². The molecule has 0 aromatic rings. The fourth-order valence-electron chi connectivity index (χ4n) is 0.668. The van der Waals surface area contributed by atoms with Gasteiger partial charge >= 0.3 is 6.03 Å². The van der Waals surface area contributed by atoms with Gasteiger partial charge in [0, 0.05) is 5.54 Å². The third-order valence-corrected chi connectivity index (χ3v) is 3.06. The van der Waals surface area contributed by atoms with Crippen molar-refractivity contribution in [3.63, 3.8) is 0 Å². The molecule has 0 atom stereocenters. The van der Waals surface area contributed by atoms with Crippen molar-refractivity contribution in [2.45, 2.75) is 45.0 Å². The molecule has 3 nitrogen and oxygen atoms in total. The van der Waals surface area contributed by atoms with Gasteiger partial charge in [-0.15, -0.1) is 11.7 Å². The molecule has 0 aliphatic rings. The van der Waals surface area contributed by atoms with Crippen LogP contribution in [0.4, 0.5) is 4.79 Å². The number of nitrogens with one attached hydrogen (secondary N) is 2. The predicted molar refractivity (Wildman–Crippen MR) is 62.1 cm³/mol. The largest absolute Gasteiger partial charge is 0.334 e. The molecule has 78 valence electrons. The first-order valence-electron chi connectivity index (χ1n) is 4.09. The highest BCUT2D eigenvalue weighted by Crippen LogP contribution is 2.23. The van der Waals surface area contributed by atoms with Crippen LogP contribution in [0.25, 0.3) is 0 Å². The number of amides is 2.